The molecule has 2 aliphatic heterocycles. The molecule has 0 radical (unpaired) electrons. The van der Waals surface area contributed by atoms with Crippen LogP contribution in [0.5, 0.6) is 0 Å². The quantitative estimate of drug-likeness (QED) is 0.837. The van der Waals surface area contributed by atoms with Crippen LogP contribution in [0.15, 0.2) is 0 Å². The van der Waals surface area contributed by atoms with Crippen molar-refractivity contribution in [2.45, 2.75) is 19.4 Å². The van der Waals surface area contributed by atoms with Gasteiger partial charge in [0.15, 0.2) is 0 Å². The molecule has 19 heavy (non-hydrogen) atoms. The second kappa shape index (κ2) is 8.35. The van der Waals surface area contributed by atoms with Crippen LogP contribution in [0.3, 0.4) is 0 Å². The highest BCUT2D eigenvalue weighted by molar-refractivity contribution is 7.98. The molecule has 2 heterocycles. The van der Waals surface area contributed by atoms with Crippen LogP contribution in [-0.2, 0) is 4.79 Å². The van der Waals surface area contributed by atoms with E-state index in [1.807, 2.05) is 0 Å². The van der Waals surface area contributed by atoms with Gasteiger partial charge in [-0.05, 0) is 12.7 Å². The van der Waals surface area contributed by atoms with E-state index in [0.29, 0.717) is 11.9 Å². The van der Waals surface area contributed by atoms with E-state index >= 15 is 0 Å². The lowest BCUT2D eigenvalue weighted by molar-refractivity contribution is -0.133. The van der Waals surface area contributed by atoms with Gasteiger partial charge in [-0.2, -0.15) is 11.8 Å². The van der Waals surface area contributed by atoms with Gasteiger partial charge in [0.05, 0.1) is 0 Å². The monoisotopic (exact) mass is 307 g/mol. The molecular weight excluding hydrogens is 282 g/mol. The first-order valence-corrected chi connectivity index (χ1v) is 8.34. The lowest BCUT2D eigenvalue weighted by atomic mass is 10.2. The predicted molar refractivity (Wildman–Crippen MR) is 84.2 cm³/mol. The number of halogens is 1. The molecule has 0 saturated carbocycles. The average Bonchev–Trinajstić information content (AvgIpc) is 2.89. The van der Waals surface area contributed by atoms with Crippen molar-refractivity contribution in [3.8, 4) is 0 Å². The number of carbonyl (C=O) groups is 1. The molecule has 0 spiro atoms. The summed E-state index contributed by atoms with van der Waals surface area (Å²) in [6.07, 6.45) is 3.22. The third-order valence-corrected chi connectivity index (χ3v) is 4.81. The number of carbonyl (C=O) groups excluding carboxylic acids is 1. The van der Waals surface area contributed by atoms with Gasteiger partial charge in [0.25, 0.3) is 0 Å². The van der Waals surface area contributed by atoms with E-state index in [4.69, 9.17) is 0 Å². The summed E-state index contributed by atoms with van der Waals surface area (Å²) in [6.45, 7) is 8.39. The summed E-state index contributed by atoms with van der Waals surface area (Å²) < 4.78 is 0. The molecule has 2 unspecified atom stereocenters. The highest BCUT2D eigenvalue weighted by Gasteiger charge is 2.32. The van der Waals surface area contributed by atoms with Crippen LogP contribution < -0.4 is 5.32 Å². The molecule has 0 aromatic rings. The molecule has 0 bridgehead atoms. The smallest absolute Gasteiger partial charge is 0.226 e. The summed E-state index contributed by atoms with van der Waals surface area (Å²) in [5, 5.41) is 3.38. The van der Waals surface area contributed by atoms with Gasteiger partial charge >= 0.3 is 0 Å². The van der Waals surface area contributed by atoms with Crippen LogP contribution in [0.4, 0.5) is 0 Å². The van der Waals surface area contributed by atoms with Crippen LogP contribution in [-0.4, -0.2) is 73.0 Å². The molecular formula is C13H26ClN3OS. The van der Waals surface area contributed by atoms with Crippen molar-refractivity contribution in [2.75, 3.05) is 51.3 Å². The molecule has 1 amide bonds. The van der Waals surface area contributed by atoms with E-state index < -0.39 is 0 Å². The molecule has 4 nitrogen and oxygen atoms in total. The van der Waals surface area contributed by atoms with Crippen molar-refractivity contribution < 1.29 is 4.79 Å². The molecule has 0 aliphatic carbocycles. The van der Waals surface area contributed by atoms with Gasteiger partial charge < -0.3 is 10.2 Å². The summed E-state index contributed by atoms with van der Waals surface area (Å²) >= 11 is 1.76. The second-order valence-corrected chi connectivity index (χ2v) is 6.28. The number of rotatable bonds is 4. The van der Waals surface area contributed by atoms with Crippen molar-refractivity contribution in [1.29, 1.82) is 0 Å². The Morgan fingerprint density at radius 2 is 2.05 bits per heavy atom. The fourth-order valence-electron chi connectivity index (χ4n) is 2.92. The Hall–Kier alpha value is 0.0300. The molecule has 2 atom stereocenters. The number of piperazine rings is 1. The Morgan fingerprint density at radius 3 is 2.68 bits per heavy atom. The highest BCUT2D eigenvalue weighted by Crippen LogP contribution is 2.19. The minimum absolute atomic E-state index is 0. The van der Waals surface area contributed by atoms with Crippen molar-refractivity contribution in [3.05, 3.63) is 0 Å². The lowest BCUT2D eigenvalue weighted by Crippen LogP contribution is -2.49. The van der Waals surface area contributed by atoms with E-state index in [0.717, 1.165) is 51.4 Å². The van der Waals surface area contributed by atoms with E-state index in [1.54, 1.807) is 11.8 Å². The number of amides is 1. The molecule has 6 heteroatoms. The average molecular weight is 308 g/mol. The number of likely N-dealkylation sites (tertiary alicyclic amines) is 1. The van der Waals surface area contributed by atoms with Crippen molar-refractivity contribution >= 4 is 30.1 Å². The Labute approximate surface area is 127 Å². The minimum atomic E-state index is 0. The maximum Gasteiger partial charge on any atom is 0.226 e. The normalized spacial score (nSPS) is 26.0. The molecule has 2 saturated heterocycles. The largest absolute Gasteiger partial charge is 0.341 e. The minimum Gasteiger partial charge on any atom is -0.341 e. The van der Waals surface area contributed by atoms with Crippen LogP contribution in [0.25, 0.3) is 0 Å². The van der Waals surface area contributed by atoms with Gasteiger partial charge in [0.2, 0.25) is 5.91 Å². The van der Waals surface area contributed by atoms with Gasteiger partial charge in [-0.1, -0.05) is 6.92 Å². The Morgan fingerprint density at radius 1 is 1.37 bits per heavy atom. The third-order valence-electron chi connectivity index (χ3n) is 3.98. The Kier molecular flexibility index (Phi) is 7.50. The highest BCUT2D eigenvalue weighted by atomic mass is 35.5. The van der Waals surface area contributed by atoms with Crippen molar-refractivity contribution in [2.24, 2.45) is 5.92 Å². The zero-order chi connectivity index (χ0) is 13.0. The Bertz CT molecular complexity index is 287. The fraction of sp³-hybridized carbons (Fsp3) is 0.923. The molecule has 2 aliphatic rings. The second-order valence-electron chi connectivity index (χ2n) is 5.37. The summed E-state index contributed by atoms with van der Waals surface area (Å²) in [4.78, 5) is 16.9. The van der Waals surface area contributed by atoms with Gasteiger partial charge in [-0.3, -0.25) is 9.69 Å². The van der Waals surface area contributed by atoms with Crippen LogP contribution in [0.2, 0.25) is 0 Å². The SMILES string of the molecule is CSCC(C)C(=O)N1CCC(N2CCNCC2)C1.Cl. The molecule has 0 aromatic heterocycles. The molecule has 1 N–H and O–H groups in total. The third kappa shape index (κ3) is 4.52. The summed E-state index contributed by atoms with van der Waals surface area (Å²) in [6, 6.07) is 0.595. The van der Waals surface area contributed by atoms with Crippen molar-refractivity contribution in [1.82, 2.24) is 15.1 Å². The summed E-state index contributed by atoms with van der Waals surface area (Å²) in [5.74, 6) is 1.46. The van der Waals surface area contributed by atoms with Gasteiger partial charge in [0, 0.05) is 57.0 Å². The number of hydrogen-bond donors (Lipinski definition) is 1. The van der Waals surface area contributed by atoms with E-state index in [-0.39, 0.29) is 18.3 Å². The maximum absolute atomic E-state index is 12.2. The van der Waals surface area contributed by atoms with Crippen LogP contribution >= 0.6 is 24.2 Å². The zero-order valence-corrected chi connectivity index (χ0v) is 13.6. The van der Waals surface area contributed by atoms with Crippen LogP contribution in [0, 0.1) is 5.92 Å². The summed E-state index contributed by atoms with van der Waals surface area (Å²) in [7, 11) is 0. The fourth-order valence-corrected chi connectivity index (χ4v) is 3.56. The van der Waals surface area contributed by atoms with Gasteiger partial charge in [0.1, 0.15) is 0 Å². The van der Waals surface area contributed by atoms with Crippen LogP contribution in [0.1, 0.15) is 13.3 Å². The molecule has 2 rings (SSSR count). The maximum atomic E-state index is 12.2. The first kappa shape index (κ1) is 17.1. The van der Waals surface area contributed by atoms with E-state index in [1.165, 1.54) is 0 Å². The number of nitrogens with one attached hydrogen (secondary N) is 1. The standard InChI is InChI=1S/C13H25N3OS.ClH/c1-11(10-18-2)13(17)16-6-3-12(9-16)15-7-4-14-5-8-15;/h11-12,14H,3-10H2,1-2H3;1H. The predicted octanol–water partition coefficient (Wildman–Crippen LogP) is 0.913. The number of nitrogens with zero attached hydrogens (tertiary/aromatic N) is 2. The zero-order valence-electron chi connectivity index (χ0n) is 11.9. The topological polar surface area (TPSA) is 35.6 Å². The lowest BCUT2D eigenvalue weighted by Gasteiger charge is -2.32. The molecule has 2 fully saturated rings. The first-order chi connectivity index (χ1) is 8.72. The van der Waals surface area contributed by atoms with Crippen molar-refractivity contribution in [3.63, 3.8) is 0 Å². The number of hydrogen-bond acceptors (Lipinski definition) is 4. The van der Waals surface area contributed by atoms with Gasteiger partial charge in [-0.15, -0.1) is 12.4 Å². The summed E-state index contributed by atoms with van der Waals surface area (Å²) in [5.41, 5.74) is 0. The van der Waals surface area contributed by atoms with E-state index in [9.17, 15) is 4.79 Å². The van der Waals surface area contributed by atoms with Gasteiger partial charge in [-0.25, -0.2) is 0 Å². The van der Waals surface area contributed by atoms with E-state index in [2.05, 4.69) is 28.3 Å². The molecule has 0 aromatic carbocycles. The molecule has 112 valence electrons. The first-order valence-electron chi connectivity index (χ1n) is 6.95. The number of thioether (sulfide) groups is 1. The Balaban J connectivity index is 0.00000180.